The number of nitrogens with zero attached hydrogens (tertiary/aromatic N) is 2. The van der Waals surface area contributed by atoms with Gasteiger partial charge in [-0.05, 0) is 25.0 Å². The van der Waals surface area contributed by atoms with Gasteiger partial charge in [-0.2, -0.15) is 0 Å². The Bertz CT molecular complexity index is 817. The number of carbonyl (C=O) groups excluding carboxylic acids is 2. The van der Waals surface area contributed by atoms with Crippen LogP contribution < -0.4 is 19.5 Å². The molecule has 10 heteroatoms. The van der Waals surface area contributed by atoms with Crippen molar-refractivity contribution in [3.05, 3.63) is 18.2 Å². The lowest BCUT2D eigenvalue weighted by Gasteiger charge is -2.32. The van der Waals surface area contributed by atoms with Crippen molar-refractivity contribution in [2.45, 2.75) is 12.8 Å². The van der Waals surface area contributed by atoms with Crippen molar-refractivity contribution >= 4 is 27.5 Å². The number of likely N-dealkylation sites (tertiary alicyclic amines) is 1. The van der Waals surface area contributed by atoms with Gasteiger partial charge < -0.3 is 20.1 Å². The zero-order valence-corrected chi connectivity index (χ0v) is 15.2. The fourth-order valence-corrected chi connectivity index (χ4v) is 3.92. The van der Waals surface area contributed by atoms with Crippen LogP contribution in [0, 0.1) is 5.92 Å². The smallest absolute Gasteiger partial charge is 0.243 e. The molecule has 0 aromatic heterocycles. The first-order valence-corrected chi connectivity index (χ1v) is 10.0. The second-order valence-corrected chi connectivity index (χ2v) is 8.27. The van der Waals surface area contributed by atoms with E-state index in [4.69, 9.17) is 15.2 Å². The molecule has 3 rings (SSSR count). The minimum absolute atomic E-state index is 0.0748. The van der Waals surface area contributed by atoms with Crippen LogP contribution in [0.5, 0.6) is 11.5 Å². The number of ether oxygens (including phenoxy) is 2. The maximum Gasteiger partial charge on any atom is 0.243 e. The number of rotatable bonds is 5. The number of hydrogen-bond acceptors (Lipinski definition) is 6. The Kier molecular flexibility index (Phi) is 4.94. The minimum Gasteiger partial charge on any atom is -0.454 e. The third-order valence-electron chi connectivity index (χ3n) is 4.57. The largest absolute Gasteiger partial charge is 0.454 e. The first kappa shape index (κ1) is 18.3. The zero-order chi connectivity index (χ0) is 18.9. The van der Waals surface area contributed by atoms with Gasteiger partial charge in [0.2, 0.25) is 28.6 Å². The number of sulfonamides is 1. The first-order valence-electron chi connectivity index (χ1n) is 8.20. The van der Waals surface area contributed by atoms with E-state index >= 15 is 0 Å². The standard InChI is InChI=1S/C16H21N3O6S/c1-26(22,23)19(12-2-3-13-14(8-12)25-10-24-13)9-15(20)18-6-4-11(5-7-18)16(17)21/h2-3,8,11H,4-7,9-10H2,1H3,(H2,17,21). The van der Waals surface area contributed by atoms with Gasteiger partial charge in [0.05, 0.1) is 11.9 Å². The Morgan fingerprint density at radius 1 is 1.23 bits per heavy atom. The number of carbonyl (C=O) groups is 2. The van der Waals surface area contributed by atoms with Crippen molar-refractivity contribution in [2.75, 3.05) is 37.0 Å². The molecule has 26 heavy (non-hydrogen) atoms. The van der Waals surface area contributed by atoms with E-state index in [0.717, 1.165) is 10.6 Å². The van der Waals surface area contributed by atoms with E-state index < -0.39 is 10.0 Å². The topological polar surface area (TPSA) is 119 Å². The summed E-state index contributed by atoms with van der Waals surface area (Å²) < 4.78 is 36.0. The molecular formula is C16H21N3O6S. The Balaban J connectivity index is 1.74. The maximum atomic E-state index is 12.6. The molecule has 0 saturated carbocycles. The van der Waals surface area contributed by atoms with Crippen LogP contribution in [0.3, 0.4) is 0 Å². The Morgan fingerprint density at radius 3 is 2.50 bits per heavy atom. The molecule has 0 aliphatic carbocycles. The van der Waals surface area contributed by atoms with E-state index in [1.165, 1.54) is 6.07 Å². The highest BCUT2D eigenvalue weighted by atomic mass is 32.2. The van der Waals surface area contributed by atoms with Gasteiger partial charge in [-0.1, -0.05) is 0 Å². The molecule has 1 aromatic rings. The summed E-state index contributed by atoms with van der Waals surface area (Å²) in [6.45, 7) is 0.515. The highest BCUT2D eigenvalue weighted by molar-refractivity contribution is 7.92. The van der Waals surface area contributed by atoms with Crippen LogP contribution in [0.15, 0.2) is 18.2 Å². The SMILES string of the molecule is CS(=O)(=O)N(CC(=O)N1CCC(C(N)=O)CC1)c1ccc2c(c1)OCO2. The van der Waals surface area contributed by atoms with Crippen LogP contribution in [-0.2, 0) is 19.6 Å². The molecule has 1 aromatic carbocycles. The van der Waals surface area contributed by atoms with Crippen LogP contribution in [0.1, 0.15) is 12.8 Å². The number of anilines is 1. The molecule has 0 atom stereocenters. The monoisotopic (exact) mass is 383 g/mol. The molecule has 142 valence electrons. The van der Waals surface area contributed by atoms with Crippen molar-refractivity contribution in [3.8, 4) is 11.5 Å². The highest BCUT2D eigenvalue weighted by Crippen LogP contribution is 2.36. The van der Waals surface area contributed by atoms with Crippen LogP contribution in [0.4, 0.5) is 5.69 Å². The Hall–Kier alpha value is -2.49. The minimum atomic E-state index is -3.68. The molecule has 2 aliphatic heterocycles. The number of fused-ring (bicyclic) bond motifs is 1. The van der Waals surface area contributed by atoms with E-state index in [2.05, 4.69) is 0 Å². The number of primary amides is 1. The van der Waals surface area contributed by atoms with Crippen LogP contribution in [-0.4, -0.2) is 57.8 Å². The molecule has 2 N–H and O–H groups in total. The van der Waals surface area contributed by atoms with E-state index in [1.54, 1.807) is 17.0 Å². The van der Waals surface area contributed by atoms with Gasteiger partial charge in [0, 0.05) is 25.1 Å². The zero-order valence-electron chi connectivity index (χ0n) is 14.4. The third kappa shape index (κ3) is 3.85. The van der Waals surface area contributed by atoms with Gasteiger partial charge in [-0.25, -0.2) is 8.42 Å². The summed E-state index contributed by atoms with van der Waals surface area (Å²) in [7, 11) is -3.68. The lowest BCUT2D eigenvalue weighted by Crippen LogP contribution is -2.47. The molecule has 1 fully saturated rings. The Labute approximate surface area is 151 Å². The van der Waals surface area contributed by atoms with Gasteiger partial charge >= 0.3 is 0 Å². The molecule has 0 unspecified atom stereocenters. The van der Waals surface area contributed by atoms with Crippen molar-refractivity contribution in [1.29, 1.82) is 0 Å². The fourth-order valence-electron chi connectivity index (χ4n) is 3.08. The summed E-state index contributed by atoms with van der Waals surface area (Å²) in [4.78, 5) is 25.4. The van der Waals surface area contributed by atoms with Crippen molar-refractivity contribution in [1.82, 2.24) is 4.90 Å². The first-order chi connectivity index (χ1) is 12.3. The van der Waals surface area contributed by atoms with Crippen molar-refractivity contribution in [2.24, 2.45) is 11.7 Å². The summed E-state index contributed by atoms with van der Waals surface area (Å²) in [5.74, 6) is 0.0399. The van der Waals surface area contributed by atoms with Gasteiger partial charge in [-0.3, -0.25) is 13.9 Å². The summed E-state index contributed by atoms with van der Waals surface area (Å²) >= 11 is 0. The highest BCUT2D eigenvalue weighted by Gasteiger charge is 2.29. The fraction of sp³-hybridized carbons (Fsp3) is 0.500. The van der Waals surface area contributed by atoms with Crippen LogP contribution >= 0.6 is 0 Å². The second kappa shape index (κ2) is 7.02. The molecule has 2 amide bonds. The summed E-state index contributed by atoms with van der Waals surface area (Å²) in [6.07, 6.45) is 2.03. The van der Waals surface area contributed by atoms with E-state index in [1.807, 2.05) is 0 Å². The number of hydrogen-bond donors (Lipinski definition) is 1. The number of benzene rings is 1. The molecule has 1 saturated heterocycles. The number of piperidine rings is 1. The lowest BCUT2D eigenvalue weighted by molar-refractivity contribution is -0.133. The predicted octanol–water partition coefficient (Wildman–Crippen LogP) is -0.0948. The molecule has 9 nitrogen and oxygen atoms in total. The third-order valence-corrected chi connectivity index (χ3v) is 5.71. The van der Waals surface area contributed by atoms with E-state index in [0.29, 0.717) is 43.1 Å². The van der Waals surface area contributed by atoms with Gasteiger partial charge in [0.15, 0.2) is 11.5 Å². The normalized spacial score (nSPS) is 17.2. The van der Waals surface area contributed by atoms with Crippen molar-refractivity contribution in [3.63, 3.8) is 0 Å². The summed E-state index contributed by atoms with van der Waals surface area (Å²) in [6, 6.07) is 4.72. The maximum absolute atomic E-state index is 12.6. The quantitative estimate of drug-likeness (QED) is 0.759. The Morgan fingerprint density at radius 2 is 1.88 bits per heavy atom. The van der Waals surface area contributed by atoms with Gasteiger partial charge in [0.1, 0.15) is 6.54 Å². The second-order valence-electron chi connectivity index (χ2n) is 6.36. The summed E-state index contributed by atoms with van der Waals surface area (Å²) in [5, 5.41) is 0. The molecule has 2 heterocycles. The molecule has 2 aliphatic rings. The van der Waals surface area contributed by atoms with E-state index in [-0.39, 0.29) is 31.1 Å². The number of amides is 2. The molecule has 0 bridgehead atoms. The molecule has 0 radical (unpaired) electrons. The van der Waals surface area contributed by atoms with Gasteiger partial charge in [-0.15, -0.1) is 0 Å². The molecule has 0 spiro atoms. The average Bonchev–Trinajstić information content (AvgIpc) is 3.06. The van der Waals surface area contributed by atoms with Crippen molar-refractivity contribution < 1.29 is 27.5 Å². The molecular weight excluding hydrogens is 362 g/mol. The summed E-state index contributed by atoms with van der Waals surface area (Å²) in [5.41, 5.74) is 5.63. The van der Waals surface area contributed by atoms with Gasteiger partial charge in [0.25, 0.3) is 0 Å². The predicted molar refractivity (Wildman–Crippen MR) is 93.3 cm³/mol. The number of nitrogens with two attached hydrogens (primary N) is 1. The average molecular weight is 383 g/mol. The lowest BCUT2D eigenvalue weighted by atomic mass is 9.96. The van der Waals surface area contributed by atoms with E-state index in [9.17, 15) is 18.0 Å². The van der Waals surface area contributed by atoms with Crippen LogP contribution in [0.25, 0.3) is 0 Å². The van der Waals surface area contributed by atoms with Crippen LogP contribution in [0.2, 0.25) is 0 Å².